The quantitative estimate of drug-likeness (QED) is 0.657. The zero-order valence-electron chi connectivity index (χ0n) is 14.8. The highest BCUT2D eigenvalue weighted by Gasteiger charge is 2.35. The van der Waals surface area contributed by atoms with Gasteiger partial charge in [0.25, 0.3) is 0 Å². The van der Waals surface area contributed by atoms with Crippen LogP contribution < -0.4 is 4.48 Å². The van der Waals surface area contributed by atoms with Crippen LogP contribution in [-0.2, 0) is 16.5 Å². The standard InChI is InChI=1S/C12H18NO.C7H8O3S/c1-13(2)11(9-14)8-7-10-5-3-4-6-12(10)13;1-6-2-4-7(5-3-6)11(8,9)10/h3-6,11,14H,7-9H2,1-2H3;2-5H,1H3,(H,8,9,10)/q+1;/p-1. The molecule has 1 unspecified atom stereocenters. The van der Waals surface area contributed by atoms with Crippen molar-refractivity contribution in [3.05, 3.63) is 59.7 Å². The minimum atomic E-state index is -4.27. The summed E-state index contributed by atoms with van der Waals surface area (Å²) in [4.78, 5) is -0.178. The third-order valence-corrected chi connectivity index (χ3v) is 5.64. The van der Waals surface area contributed by atoms with Crippen LogP contribution in [-0.4, -0.2) is 44.8 Å². The molecule has 0 radical (unpaired) electrons. The molecule has 0 aliphatic carbocycles. The summed E-state index contributed by atoms with van der Waals surface area (Å²) < 4.78 is 32.0. The number of aryl methyl sites for hydroxylation is 2. The minimum Gasteiger partial charge on any atom is -0.744 e. The van der Waals surface area contributed by atoms with Crippen LogP contribution in [0, 0.1) is 6.92 Å². The Labute approximate surface area is 149 Å². The number of nitrogens with zero attached hydrogens (tertiary/aromatic N) is 1. The summed E-state index contributed by atoms with van der Waals surface area (Å²) in [7, 11) is 0.0893. The number of hydrogen-bond donors (Lipinski definition) is 1. The van der Waals surface area contributed by atoms with Gasteiger partial charge in [0, 0.05) is 12.0 Å². The molecule has 5 nitrogen and oxygen atoms in total. The molecule has 0 amide bonds. The molecule has 0 bridgehead atoms. The van der Waals surface area contributed by atoms with Crippen molar-refractivity contribution in [2.75, 3.05) is 20.7 Å². The van der Waals surface area contributed by atoms with Gasteiger partial charge in [-0.05, 0) is 31.5 Å². The molecule has 136 valence electrons. The molecule has 25 heavy (non-hydrogen) atoms. The Kier molecular flexibility index (Phi) is 6.00. The van der Waals surface area contributed by atoms with Crippen molar-refractivity contribution in [2.45, 2.75) is 30.7 Å². The van der Waals surface area contributed by atoms with Crippen molar-refractivity contribution in [3.8, 4) is 0 Å². The fourth-order valence-electron chi connectivity index (χ4n) is 3.13. The molecule has 1 aliphatic heterocycles. The first-order valence-electron chi connectivity index (χ1n) is 8.22. The van der Waals surface area contributed by atoms with Crippen LogP contribution in [0.4, 0.5) is 5.69 Å². The Balaban J connectivity index is 0.000000186. The molecule has 2 aromatic rings. The number of benzene rings is 2. The van der Waals surface area contributed by atoms with Crippen LogP contribution in [0.3, 0.4) is 0 Å². The van der Waals surface area contributed by atoms with Gasteiger partial charge in [-0.1, -0.05) is 35.9 Å². The highest BCUT2D eigenvalue weighted by Crippen LogP contribution is 2.33. The summed E-state index contributed by atoms with van der Waals surface area (Å²) in [6.07, 6.45) is 2.18. The summed E-state index contributed by atoms with van der Waals surface area (Å²) in [5.74, 6) is 0. The van der Waals surface area contributed by atoms with Gasteiger partial charge in [0.1, 0.15) is 21.8 Å². The molecule has 0 spiro atoms. The SMILES string of the molecule is C[N+]1(C)c2ccccc2CCC1CO.Cc1ccc(S(=O)(=O)[O-])cc1. The van der Waals surface area contributed by atoms with Crippen LogP contribution in [0.1, 0.15) is 17.5 Å². The molecule has 2 aromatic carbocycles. The van der Waals surface area contributed by atoms with Crippen LogP contribution in [0.15, 0.2) is 53.4 Å². The van der Waals surface area contributed by atoms with E-state index in [1.807, 2.05) is 6.92 Å². The van der Waals surface area contributed by atoms with Crippen molar-refractivity contribution >= 4 is 15.8 Å². The molecule has 0 saturated carbocycles. The van der Waals surface area contributed by atoms with Crippen molar-refractivity contribution < 1.29 is 18.1 Å². The second-order valence-electron chi connectivity index (χ2n) is 6.81. The van der Waals surface area contributed by atoms with Gasteiger partial charge in [-0.2, -0.15) is 0 Å². The highest BCUT2D eigenvalue weighted by atomic mass is 32.2. The molecule has 0 aromatic heterocycles. The van der Waals surface area contributed by atoms with E-state index in [9.17, 15) is 18.1 Å². The van der Waals surface area contributed by atoms with Gasteiger partial charge >= 0.3 is 0 Å². The molecule has 3 rings (SSSR count). The predicted octanol–water partition coefficient (Wildman–Crippen LogP) is 2.46. The van der Waals surface area contributed by atoms with Gasteiger partial charge in [-0.15, -0.1) is 0 Å². The van der Waals surface area contributed by atoms with E-state index < -0.39 is 10.1 Å². The second-order valence-corrected chi connectivity index (χ2v) is 8.19. The van der Waals surface area contributed by atoms with Crippen LogP contribution >= 0.6 is 0 Å². The van der Waals surface area contributed by atoms with Crippen molar-refractivity contribution in [2.24, 2.45) is 0 Å². The molecule has 0 fully saturated rings. The number of aliphatic hydroxyl groups is 1. The minimum absolute atomic E-state index is 0.178. The second kappa shape index (κ2) is 7.66. The summed E-state index contributed by atoms with van der Waals surface area (Å²) in [6, 6.07) is 14.7. The summed E-state index contributed by atoms with van der Waals surface area (Å²) in [5, 5.41) is 9.34. The predicted molar refractivity (Wildman–Crippen MR) is 98.4 cm³/mol. The fraction of sp³-hybridized carbons (Fsp3) is 0.368. The van der Waals surface area contributed by atoms with Crippen molar-refractivity contribution in [3.63, 3.8) is 0 Å². The number of likely N-dealkylation sites (N-methyl/N-ethyl adjacent to an activating group) is 1. The highest BCUT2D eigenvalue weighted by molar-refractivity contribution is 7.85. The number of para-hydroxylation sites is 1. The maximum absolute atomic E-state index is 10.4. The Morgan fingerprint density at radius 1 is 1.12 bits per heavy atom. The van der Waals surface area contributed by atoms with Gasteiger partial charge < -0.3 is 9.66 Å². The first-order valence-corrected chi connectivity index (χ1v) is 9.62. The third-order valence-electron chi connectivity index (χ3n) is 4.79. The van der Waals surface area contributed by atoms with Gasteiger partial charge in [0.15, 0.2) is 0 Å². The molecular weight excluding hydrogens is 338 g/mol. The average molecular weight is 363 g/mol. The normalized spacial score (nSPS) is 18.7. The lowest BCUT2D eigenvalue weighted by atomic mass is 9.94. The molecule has 1 heterocycles. The smallest absolute Gasteiger partial charge is 0.135 e. The number of aliphatic hydroxyl groups excluding tert-OH is 1. The van der Waals surface area contributed by atoms with Gasteiger partial charge in [-0.3, -0.25) is 4.48 Å². The van der Waals surface area contributed by atoms with Gasteiger partial charge in [-0.25, -0.2) is 8.42 Å². The monoisotopic (exact) mass is 363 g/mol. The number of hydrogen-bond acceptors (Lipinski definition) is 4. The lowest BCUT2D eigenvalue weighted by molar-refractivity contribution is 0.155. The van der Waals surface area contributed by atoms with E-state index in [0.717, 1.165) is 22.9 Å². The van der Waals surface area contributed by atoms with Crippen LogP contribution in [0.5, 0.6) is 0 Å². The van der Waals surface area contributed by atoms with E-state index in [4.69, 9.17) is 0 Å². The van der Waals surface area contributed by atoms with E-state index in [2.05, 4.69) is 38.4 Å². The molecular formula is C19H25NO4S. The summed E-state index contributed by atoms with van der Waals surface area (Å²) >= 11 is 0. The molecule has 1 atom stereocenters. The maximum Gasteiger partial charge on any atom is 0.135 e. The summed E-state index contributed by atoms with van der Waals surface area (Å²) in [5.41, 5.74) is 3.72. The van der Waals surface area contributed by atoms with E-state index in [1.54, 1.807) is 12.1 Å². The third kappa shape index (κ3) is 4.67. The van der Waals surface area contributed by atoms with E-state index in [-0.39, 0.29) is 11.5 Å². The Hall–Kier alpha value is -1.73. The van der Waals surface area contributed by atoms with Gasteiger partial charge in [0.2, 0.25) is 0 Å². The molecule has 1 aliphatic rings. The number of rotatable bonds is 2. The lowest BCUT2D eigenvalue weighted by Crippen LogP contribution is -2.54. The molecule has 6 heteroatoms. The lowest BCUT2D eigenvalue weighted by Gasteiger charge is -2.41. The largest absolute Gasteiger partial charge is 0.744 e. The number of fused-ring (bicyclic) bond motifs is 1. The zero-order chi connectivity index (χ0) is 18.7. The molecule has 0 saturated heterocycles. The van der Waals surface area contributed by atoms with Crippen molar-refractivity contribution in [1.82, 2.24) is 4.48 Å². The zero-order valence-corrected chi connectivity index (χ0v) is 15.7. The molecule has 1 N–H and O–H groups in total. The van der Waals surface area contributed by atoms with E-state index in [1.165, 1.54) is 23.4 Å². The topological polar surface area (TPSA) is 77.4 Å². The summed E-state index contributed by atoms with van der Waals surface area (Å²) in [6.45, 7) is 2.10. The Morgan fingerprint density at radius 3 is 2.28 bits per heavy atom. The maximum atomic E-state index is 10.4. The Morgan fingerprint density at radius 2 is 1.72 bits per heavy atom. The average Bonchev–Trinajstić information content (AvgIpc) is 2.55. The van der Waals surface area contributed by atoms with Crippen molar-refractivity contribution in [1.29, 1.82) is 0 Å². The van der Waals surface area contributed by atoms with E-state index in [0.29, 0.717) is 6.04 Å². The first-order chi connectivity index (χ1) is 11.7. The fourth-order valence-corrected chi connectivity index (χ4v) is 3.60. The number of quaternary nitrogens is 1. The first kappa shape index (κ1) is 19.6. The van der Waals surface area contributed by atoms with Crippen LogP contribution in [0.2, 0.25) is 0 Å². The van der Waals surface area contributed by atoms with Gasteiger partial charge in [0.05, 0.1) is 25.6 Å². The Bertz CT molecular complexity index is 814. The van der Waals surface area contributed by atoms with E-state index >= 15 is 0 Å². The van der Waals surface area contributed by atoms with Crippen LogP contribution in [0.25, 0.3) is 0 Å².